The van der Waals surface area contributed by atoms with E-state index in [0.717, 1.165) is 19.6 Å². The Bertz CT molecular complexity index is 443. The van der Waals surface area contributed by atoms with Crippen molar-refractivity contribution in [2.45, 2.75) is 52.3 Å². The summed E-state index contributed by atoms with van der Waals surface area (Å²) >= 11 is 6.73. The van der Waals surface area contributed by atoms with Gasteiger partial charge in [0.05, 0.1) is 5.38 Å². The first-order chi connectivity index (χ1) is 9.95. The number of rotatable bonds is 7. The van der Waals surface area contributed by atoms with Crippen LogP contribution in [0.2, 0.25) is 0 Å². The van der Waals surface area contributed by atoms with Crippen molar-refractivity contribution in [2.75, 3.05) is 19.6 Å². The average Bonchev–Trinajstić information content (AvgIpc) is 2.83. The van der Waals surface area contributed by atoms with Gasteiger partial charge in [-0.3, -0.25) is 0 Å². The average molecular weight is 308 g/mol. The van der Waals surface area contributed by atoms with Crippen LogP contribution in [0.15, 0.2) is 18.2 Å². The molecule has 0 bridgehead atoms. The number of fused-ring (bicyclic) bond motifs is 1. The first kappa shape index (κ1) is 16.8. The lowest BCUT2D eigenvalue weighted by molar-refractivity contribution is 0.219. The van der Waals surface area contributed by atoms with Crippen LogP contribution >= 0.6 is 11.6 Å². The second-order valence-electron chi connectivity index (χ2n) is 7.36. The predicted molar refractivity (Wildman–Crippen MR) is 93.2 cm³/mol. The van der Waals surface area contributed by atoms with Gasteiger partial charge in [-0.1, -0.05) is 45.9 Å². The summed E-state index contributed by atoms with van der Waals surface area (Å²) in [7, 11) is 0. The highest BCUT2D eigenvalue weighted by Gasteiger charge is 2.18. The maximum Gasteiger partial charge on any atom is 0.0712 e. The summed E-state index contributed by atoms with van der Waals surface area (Å²) in [5.74, 6) is 1.38. The fraction of sp³-hybridized carbons (Fsp3) is 0.684. The molecule has 0 saturated carbocycles. The first-order valence-corrected chi connectivity index (χ1v) is 8.87. The van der Waals surface area contributed by atoms with E-state index in [1.54, 1.807) is 0 Å². The van der Waals surface area contributed by atoms with Crippen molar-refractivity contribution in [3.63, 3.8) is 0 Å². The predicted octanol–water partition coefficient (Wildman–Crippen LogP) is 5.07. The molecular formula is C19H30ClN. The molecule has 0 radical (unpaired) electrons. The van der Waals surface area contributed by atoms with E-state index < -0.39 is 0 Å². The summed E-state index contributed by atoms with van der Waals surface area (Å²) in [5, 5.41) is 0.105. The van der Waals surface area contributed by atoms with Crippen molar-refractivity contribution in [2.24, 2.45) is 11.8 Å². The fourth-order valence-corrected chi connectivity index (χ4v) is 3.71. The molecule has 1 atom stereocenters. The highest BCUT2D eigenvalue weighted by atomic mass is 35.5. The lowest BCUT2D eigenvalue weighted by Gasteiger charge is -2.28. The van der Waals surface area contributed by atoms with Crippen LogP contribution in [0.3, 0.4) is 0 Å². The van der Waals surface area contributed by atoms with Gasteiger partial charge in [-0.2, -0.15) is 0 Å². The molecule has 0 aromatic heterocycles. The smallest absolute Gasteiger partial charge is 0.0712 e. The van der Waals surface area contributed by atoms with Gasteiger partial charge >= 0.3 is 0 Å². The summed E-state index contributed by atoms with van der Waals surface area (Å²) in [6, 6.07) is 6.88. The van der Waals surface area contributed by atoms with Gasteiger partial charge in [0, 0.05) is 19.6 Å². The molecule has 1 aliphatic rings. The molecule has 1 aliphatic carbocycles. The monoisotopic (exact) mass is 307 g/mol. The second-order valence-corrected chi connectivity index (χ2v) is 7.88. The number of nitrogens with zero attached hydrogens (tertiary/aromatic N) is 1. The molecule has 0 saturated heterocycles. The molecule has 0 fully saturated rings. The number of alkyl halides is 1. The molecule has 2 heteroatoms. The molecule has 0 amide bonds. The molecule has 1 aromatic carbocycles. The molecule has 0 N–H and O–H groups in total. The molecule has 1 nitrogen and oxygen atoms in total. The summed E-state index contributed by atoms with van der Waals surface area (Å²) in [6.07, 6.45) is 3.78. The third-order valence-corrected chi connectivity index (χ3v) is 4.54. The van der Waals surface area contributed by atoms with Crippen LogP contribution in [0.25, 0.3) is 0 Å². The quantitative estimate of drug-likeness (QED) is 0.636. The molecule has 21 heavy (non-hydrogen) atoms. The van der Waals surface area contributed by atoms with Gasteiger partial charge in [0.1, 0.15) is 0 Å². The van der Waals surface area contributed by atoms with Crippen LogP contribution in [-0.4, -0.2) is 24.5 Å². The van der Waals surface area contributed by atoms with Gasteiger partial charge in [0.15, 0.2) is 0 Å². The third kappa shape index (κ3) is 5.00. The Labute approximate surface area is 135 Å². The van der Waals surface area contributed by atoms with Gasteiger partial charge < -0.3 is 4.90 Å². The van der Waals surface area contributed by atoms with E-state index >= 15 is 0 Å². The second kappa shape index (κ2) is 7.65. The van der Waals surface area contributed by atoms with Gasteiger partial charge in [0.2, 0.25) is 0 Å². The van der Waals surface area contributed by atoms with Gasteiger partial charge in [-0.05, 0) is 47.8 Å². The van der Waals surface area contributed by atoms with Crippen molar-refractivity contribution in [1.29, 1.82) is 0 Å². The minimum Gasteiger partial charge on any atom is -0.301 e. The van der Waals surface area contributed by atoms with Crippen molar-refractivity contribution < 1.29 is 0 Å². The molecule has 1 unspecified atom stereocenters. The molecule has 1 aromatic rings. The molecule has 2 rings (SSSR count). The van der Waals surface area contributed by atoms with E-state index in [0.29, 0.717) is 11.8 Å². The van der Waals surface area contributed by atoms with E-state index in [4.69, 9.17) is 11.6 Å². The number of halogens is 1. The zero-order valence-electron chi connectivity index (χ0n) is 14.0. The molecule has 118 valence electrons. The van der Waals surface area contributed by atoms with Crippen LogP contribution in [0.1, 0.15) is 56.2 Å². The highest BCUT2D eigenvalue weighted by Crippen LogP contribution is 2.29. The summed E-state index contributed by atoms with van der Waals surface area (Å²) < 4.78 is 0. The van der Waals surface area contributed by atoms with E-state index in [-0.39, 0.29) is 5.38 Å². The summed E-state index contributed by atoms with van der Waals surface area (Å²) in [5.41, 5.74) is 4.36. The van der Waals surface area contributed by atoms with E-state index in [9.17, 15) is 0 Å². The van der Waals surface area contributed by atoms with Crippen LogP contribution < -0.4 is 0 Å². The summed E-state index contributed by atoms with van der Waals surface area (Å²) in [4.78, 5) is 2.53. The number of benzene rings is 1. The topological polar surface area (TPSA) is 3.24 Å². The molecule has 0 spiro atoms. The Morgan fingerprint density at radius 2 is 1.57 bits per heavy atom. The molecule has 0 aliphatic heterocycles. The minimum atomic E-state index is 0.105. The maximum absolute atomic E-state index is 6.73. The van der Waals surface area contributed by atoms with Gasteiger partial charge in [0.25, 0.3) is 0 Å². The lowest BCUT2D eigenvalue weighted by atomic mass is 10.0. The van der Waals surface area contributed by atoms with Crippen LogP contribution in [0.4, 0.5) is 0 Å². The number of hydrogen-bond donors (Lipinski definition) is 0. The largest absolute Gasteiger partial charge is 0.301 e. The van der Waals surface area contributed by atoms with Crippen molar-refractivity contribution in [1.82, 2.24) is 4.90 Å². The lowest BCUT2D eigenvalue weighted by Crippen LogP contribution is -2.34. The van der Waals surface area contributed by atoms with Gasteiger partial charge in [-0.25, -0.2) is 0 Å². The standard InChI is InChI=1S/C19H30ClN/c1-14(2)11-21(12-15(3)4)13-19(20)18-9-8-16-6-5-7-17(16)10-18/h8-10,14-15,19H,5-7,11-13H2,1-4H3. The minimum absolute atomic E-state index is 0.105. The maximum atomic E-state index is 6.73. The Hall–Kier alpha value is -0.530. The Morgan fingerprint density at radius 1 is 0.952 bits per heavy atom. The Kier molecular flexibility index (Phi) is 6.13. The normalized spacial score (nSPS) is 16.0. The number of aryl methyl sites for hydroxylation is 2. The highest BCUT2D eigenvalue weighted by molar-refractivity contribution is 6.21. The van der Waals surface area contributed by atoms with Crippen molar-refractivity contribution >= 4 is 11.6 Å². The fourth-order valence-electron chi connectivity index (χ4n) is 3.38. The third-order valence-electron chi connectivity index (χ3n) is 4.15. The Morgan fingerprint density at radius 3 is 2.19 bits per heavy atom. The van der Waals surface area contributed by atoms with E-state index in [2.05, 4.69) is 50.8 Å². The van der Waals surface area contributed by atoms with E-state index in [1.807, 2.05) is 0 Å². The first-order valence-electron chi connectivity index (χ1n) is 8.43. The Balaban J connectivity index is 2.02. The SMILES string of the molecule is CC(C)CN(CC(C)C)CC(Cl)c1ccc2c(c1)CCC2. The van der Waals surface area contributed by atoms with Crippen molar-refractivity contribution in [3.8, 4) is 0 Å². The number of hydrogen-bond acceptors (Lipinski definition) is 1. The van der Waals surface area contributed by atoms with Crippen LogP contribution in [-0.2, 0) is 12.8 Å². The van der Waals surface area contributed by atoms with Crippen LogP contribution in [0, 0.1) is 11.8 Å². The molecule has 0 heterocycles. The van der Waals surface area contributed by atoms with Crippen LogP contribution in [0.5, 0.6) is 0 Å². The van der Waals surface area contributed by atoms with E-state index in [1.165, 1.54) is 36.0 Å². The zero-order valence-corrected chi connectivity index (χ0v) is 14.8. The van der Waals surface area contributed by atoms with Gasteiger partial charge in [-0.15, -0.1) is 11.6 Å². The zero-order chi connectivity index (χ0) is 15.4. The summed E-state index contributed by atoms with van der Waals surface area (Å²) in [6.45, 7) is 12.4. The molecular weight excluding hydrogens is 278 g/mol. The van der Waals surface area contributed by atoms with Crippen molar-refractivity contribution in [3.05, 3.63) is 34.9 Å².